The first-order valence-corrected chi connectivity index (χ1v) is 12.3. The predicted octanol–water partition coefficient (Wildman–Crippen LogP) is 6.67. The Labute approximate surface area is 205 Å². The molecule has 0 saturated carbocycles. The highest BCUT2D eigenvalue weighted by Crippen LogP contribution is 2.30. The fourth-order valence-corrected chi connectivity index (χ4v) is 4.28. The quantitative estimate of drug-likeness (QED) is 0.330. The van der Waals surface area contributed by atoms with Gasteiger partial charge in [0.05, 0.1) is 6.04 Å². The first-order valence-electron chi connectivity index (χ1n) is 11.5. The molecule has 0 bridgehead atoms. The molecule has 0 fully saturated rings. The van der Waals surface area contributed by atoms with Crippen molar-refractivity contribution in [3.63, 3.8) is 0 Å². The van der Waals surface area contributed by atoms with Crippen LogP contribution in [0.5, 0.6) is 0 Å². The van der Waals surface area contributed by atoms with E-state index in [1.807, 2.05) is 67.8 Å². The lowest BCUT2D eigenvalue weighted by molar-refractivity contribution is 0.121. The van der Waals surface area contributed by atoms with E-state index in [1.54, 1.807) is 4.90 Å². The van der Waals surface area contributed by atoms with E-state index in [1.165, 1.54) is 0 Å². The second kappa shape index (κ2) is 11.0. The number of carbonyl (C=O) groups is 1. The third-order valence-electron chi connectivity index (χ3n) is 6.48. The van der Waals surface area contributed by atoms with Crippen LogP contribution in [-0.2, 0) is 26.3 Å². The van der Waals surface area contributed by atoms with Gasteiger partial charge in [0.1, 0.15) is 5.82 Å². The molecule has 1 heterocycles. The first kappa shape index (κ1) is 25.0. The van der Waals surface area contributed by atoms with Crippen molar-refractivity contribution < 1.29 is 9.90 Å². The molecule has 0 radical (unpaired) electrons. The summed E-state index contributed by atoms with van der Waals surface area (Å²) in [5, 5.41) is 10.2. The van der Waals surface area contributed by atoms with Gasteiger partial charge in [-0.2, -0.15) is 0 Å². The zero-order chi connectivity index (χ0) is 24.0. The van der Waals surface area contributed by atoms with Gasteiger partial charge in [-0.05, 0) is 41.5 Å². The topological polar surface area (TPSA) is 58.4 Å². The van der Waals surface area contributed by atoms with Crippen LogP contribution >= 0.6 is 15.9 Å². The number of rotatable bonds is 10. The van der Waals surface area contributed by atoms with Crippen molar-refractivity contribution in [3.05, 3.63) is 87.9 Å². The molecule has 3 aromatic rings. The molecule has 6 heteroatoms. The van der Waals surface area contributed by atoms with Gasteiger partial charge < -0.3 is 9.67 Å². The van der Waals surface area contributed by atoms with Crippen LogP contribution in [0.25, 0.3) is 0 Å². The molecule has 0 aliphatic heterocycles. The van der Waals surface area contributed by atoms with Gasteiger partial charge in [-0.15, -0.1) is 0 Å². The van der Waals surface area contributed by atoms with Crippen LogP contribution in [0.3, 0.4) is 0 Å². The molecule has 1 unspecified atom stereocenters. The molecule has 5 nitrogen and oxygen atoms in total. The van der Waals surface area contributed by atoms with Crippen molar-refractivity contribution in [2.45, 2.75) is 52.5 Å². The number of imidazole rings is 1. The Balaban J connectivity index is 1.95. The summed E-state index contributed by atoms with van der Waals surface area (Å²) < 4.78 is 3.10. The number of aromatic nitrogens is 2. The highest BCUT2D eigenvalue weighted by atomic mass is 79.9. The van der Waals surface area contributed by atoms with E-state index >= 15 is 0 Å². The van der Waals surface area contributed by atoms with E-state index in [0.29, 0.717) is 19.4 Å². The Morgan fingerprint density at radius 1 is 1.12 bits per heavy atom. The van der Waals surface area contributed by atoms with Crippen molar-refractivity contribution >= 4 is 22.0 Å². The molecule has 176 valence electrons. The highest BCUT2D eigenvalue weighted by molar-refractivity contribution is 9.10. The summed E-state index contributed by atoms with van der Waals surface area (Å²) in [6, 6.07) is 17.7. The minimum Gasteiger partial charge on any atom is -0.465 e. The lowest BCUT2D eigenvalue weighted by atomic mass is 9.85. The predicted molar refractivity (Wildman–Crippen MR) is 136 cm³/mol. The summed E-state index contributed by atoms with van der Waals surface area (Å²) in [7, 11) is 2.01. The Kier molecular flexibility index (Phi) is 8.35. The minimum absolute atomic E-state index is 0.159. The molecule has 1 N–H and O–H groups in total. The number of halogens is 1. The van der Waals surface area contributed by atoms with E-state index in [-0.39, 0.29) is 11.5 Å². The zero-order valence-corrected chi connectivity index (χ0v) is 21.5. The van der Waals surface area contributed by atoms with Crippen LogP contribution in [-0.4, -0.2) is 32.2 Å². The summed E-state index contributed by atoms with van der Waals surface area (Å²) >= 11 is 3.49. The Morgan fingerprint density at radius 2 is 1.79 bits per heavy atom. The van der Waals surface area contributed by atoms with Crippen LogP contribution in [0.2, 0.25) is 0 Å². The summed E-state index contributed by atoms with van der Waals surface area (Å²) in [5.41, 5.74) is 3.49. The second-order valence-electron chi connectivity index (χ2n) is 9.42. The molecule has 1 atom stereocenters. The molecular weight excluding hydrogens is 478 g/mol. The molecule has 1 aromatic heterocycles. The van der Waals surface area contributed by atoms with E-state index < -0.39 is 6.09 Å². The normalized spacial score (nSPS) is 12.5. The Bertz CT molecular complexity index is 1040. The summed E-state index contributed by atoms with van der Waals surface area (Å²) in [5.74, 6) is 0.787. The number of amides is 1. The van der Waals surface area contributed by atoms with E-state index in [9.17, 15) is 9.90 Å². The number of benzene rings is 2. The fourth-order valence-electron chi connectivity index (χ4n) is 4.01. The van der Waals surface area contributed by atoms with Crippen molar-refractivity contribution in [3.8, 4) is 0 Å². The minimum atomic E-state index is -0.925. The van der Waals surface area contributed by atoms with Gasteiger partial charge in [-0.25, -0.2) is 9.78 Å². The molecule has 0 spiro atoms. The van der Waals surface area contributed by atoms with Gasteiger partial charge in [0.15, 0.2) is 0 Å². The first-order chi connectivity index (χ1) is 15.7. The van der Waals surface area contributed by atoms with Crippen molar-refractivity contribution in [1.29, 1.82) is 0 Å². The van der Waals surface area contributed by atoms with Crippen molar-refractivity contribution in [2.75, 3.05) is 6.54 Å². The number of nitrogens with zero attached hydrogens (tertiary/aromatic N) is 3. The standard InChI is InChI=1S/C27H34BrN3O2/c1-5-27(2,3)18-23-19-29-25(30(23)4)24(17-21-11-13-22(28)14-12-21)31(26(32)33)16-15-20-9-7-6-8-10-20/h6-14,19,24H,5,15-18H2,1-4H3,(H,32,33). The average molecular weight is 512 g/mol. The largest absolute Gasteiger partial charge is 0.465 e. The summed E-state index contributed by atoms with van der Waals surface area (Å²) in [4.78, 5) is 18.8. The van der Waals surface area contributed by atoms with Crippen LogP contribution in [0, 0.1) is 5.41 Å². The molecule has 0 saturated heterocycles. The fraction of sp³-hybridized carbons (Fsp3) is 0.407. The second-order valence-corrected chi connectivity index (χ2v) is 10.3. The maximum absolute atomic E-state index is 12.5. The molecule has 1 amide bonds. The van der Waals surface area contributed by atoms with Crippen molar-refractivity contribution in [2.24, 2.45) is 12.5 Å². The highest BCUT2D eigenvalue weighted by Gasteiger charge is 2.30. The number of hydrogen-bond acceptors (Lipinski definition) is 2. The SMILES string of the molecule is CCC(C)(C)Cc1cnc(C(Cc2ccc(Br)cc2)N(CCc2ccccc2)C(=O)O)n1C. The van der Waals surface area contributed by atoms with Crippen molar-refractivity contribution in [1.82, 2.24) is 14.5 Å². The Morgan fingerprint density at radius 3 is 2.39 bits per heavy atom. The van der Waals surface area contributed by atoms with Gasteiger partial charge in [-0.1, -0.05) is 85.6 Å². The average Bonchev–Trinajstić information content (AvgIpc) is 3.14. The third kappa shape index (κ3) is 6.70. The van der Waals surface area contributed by atoms with E-state index in [2.05, 4.69) is 41.3 Å². The lowest BCUT2D eigenvalue weighted by Gasteiger charge is -2.30. The van der Waals surface area contributed by atoms with Gasteiger partial charge >= 0.3 is 6.09 Å². The molecule has 2 aromatic carbocycles. The molecule has 0 aliphatic rings. The van der Waals surface area contributed by atoms with Gasteiger partial charge in [-0.3, -0.25) is 4.90 Å². The number of carboxylic acid groups (broad SMARTS) is 1. The van der Waals surface area contributed by atoms with Crippen LogP contribution in [0.15, 0.2) is 65.3 Å². The monoisotopic (exact) mass is 511 g/mol. The van der Waals surface area contributed by atoms with Gasteiger partial charge in [0, 0.05) is 36.4 Å². The van der Waals surface area contributed by atoms with Gasteiger partial charge in [0.25, 0.3) is 0 Å². The van der Waals surface area contributed by atoms with E-state index in [4.69, 9.17) is 4.98 Å². The molecule has 3 rings (SSSR count). The molecular formula is C27H34BrN3O2. The van der Waals surface area contributed by atoms with Crippen LogP contribution in [0.1, 0.15) is 55.9 Å². The smallest absolute Gasteiger partial charge is 0.407 e. The lowest BCUT2D eigenvalue weighted by Crippen LogP contribution is -2.38. The van der Waals surface area contributed by atoms with Crippen LogP contribution in [0.4, 0.5) is 4.79 Å². The number of hydrogen-bond donors (Lipinski definition) is 1. The maximum Gasteiger partial charge on any atom is 0.407 e. The zero-order valence-electron chi connectivity index (χ0n) is 20.0. The third-order valence-corrected chi connectivity index (χ3v) is 7.01. The van der Waals surface area contributed by atoms with Crippen LogP contribution < -0.4 is 0 Å². The Hall–Kier alpha value is -2.60. The van der Waals surface area contributed by atoms with Gasteiger partial charge in [0.2, 0.25) is 0 Å². The van der Waals surface area contributed by atoms with E-state index in [0.717, 1.165) is 40.0 Å². The summed E-state index contributed by atoms with van der Waals surface area (Å²) in [6.45, 7) is 7.11. The maximum atomic E-state index is 12.5. The molecule has 33 heavy (non-hydrogen) atoms. The summed E-state index contributed by atoms with van der Waals surface area (Å²) in [6.07, 6.45) is 4.17. The molecule has 0 aliphatic carbocycles.